The number of hydrogen-bond donors (Lipinski definition) is 0. The summed E-state index contributed by atoms with van der Waals surface area (Å²) in [5, 5.41) is 0. The SMILES string of the molecule is Cc1ccc(S(=O)(=O)Oc2ccccc2N2C(=O)[C@@H]3[C@H]4CC[C@@H](C4)[C@H]3C2=O)cc1. The van der Waals surface area contributed by atoms with Gasteiger partial charge in [-0.3, -0.25) is 9.59 Å². The third-order valence-corrected chi connectivity index (χ3v) is 7.79. The Hall–Kier alpha value is -2.67. The average Bonchev–Trinajstić information content (AvgIpc) is 3.37. The summed E-state index contributed by atoms with van der Waals surface area (Å²) >= 11 is 0. The zero-order chi connectivity index (χ0) is 20.3. The monoisotopic (exact) mass is 411 g/mol. The van der Waals surface area contributed by atoms with Crippen LogP contribution >= 0.6 is 0 Å². The minimum absolute atomic E-state index is 0.0119. The Kier molecular flexibility index (Phi) is 4.07. The van der Waals surface area contributed by atoms with E-state index in [-0.39, 0.29) is 51.8 Å². The van der Waals surface area contributed by atoms with E-state index >= 15 is 0 Å². The number of rotatable bonds is 4. The van der Waals surface area contributed by atoms with Gasteiger partial charge in [-0.05, 0) is 62.3 Å². The number of aryl methyl sites for hydroxylation is 1. The van der Waals surface area contributed by atoms with E-state index in [4.69, 9.17) is 4.18 Å². The van der Waals surface area contributed by atoms with Gasteiger partial charge in [0.2, 0.25) is 11.8 Å². The van der Waals surface area contributed by atoms with Gasteiger partial charge in [-0.25, -0.2) is 4.90 Å². The first kappa shape index (κ1) is 18.4. The molecule has 150 valence electrons. The van der Waals surface area contributed by atoms with Crippen LogP contribution in [0.2, 0.25) is 0 Å². The minimum atomic E-state index is -4.09. The van der Waals surface area contributed by atoms with Gasteiger partial charge in [-0.15, -0.1) is 0 Å². The summed E-state index contributed by atoms with van der Waals surface area (Å²) < 4.78 is 30.9. The van der Waals surface area contributed by atoms with Crippen LogP contribution in [0.25, 0.3) is 0 Å². The topological polar surface area (TPSA) is 80.8 Å². The predicted octanol–water partition coefficient (Wildman–Crippen LogP) is 3.30. The lowest BCUT2D eigenvalue weighted by Gasteiger charge is -2.20. The molecular weight excluding hydrogens is 390 g/mol. The third-order valence-electron chi connectivity index (χ3n) is 6.54. The molecule has 5 rings (SSSR count). The number of carbonyl (C=O) groups excluding carboxylic acids is 2. The standard InChI is InChI=1S/C22H21NO5S/c1-13-6-10-16(11-7-13)29(26,27)28-18-5-3-2-4-17(18)23-21(24)19-14-8-9-15(12-14)20(19)22(23)25/h2-7,10-11,14-15,19-20H,8-9,12H2,1H3/t14-,15-,19+,20+/m0/s1. The van der Waals surface area contributed by atoms with E-state index in [9.17, 15) is 18.0 Å². The molecule has 2 aromatic carbocycles. The van der Waals surface area contributed by atoms with Crippen LogP contribution in [0.4, 0.5) is 5.69 Å². The Bertz CT molecular complexity index is 1080. The van der Waals surface area contributed by atoms with Crippen molar-refractivity contribution in [1.82, 2.24) is 0 Å². The number of benzene rings is 2. The van der Waals surface area contributed by atoms with Crippen LogP contribution in [-0.2, 0) is 19.7 Å². The van der Waals surface area contributed by atoms with Gasteiger partial charge in [-0.1, -0.05) is 29.8 Å². The fourth-order valence-electron chi connectivity index (χ4n) is 5.23. The van der Waals surface area contributed by atoms with Gasteiger partial charge < -0.3 is 4.18 Å². The van der Waals surface area contributed by atoms with Crippen molar-refractivity contribution < 1.29 is 22.2 Å². The van der Waals surface area contributed by atoms with Crippen molar-refractivity contribution in [2.24, 2.45) is 23.7 Å². The Labute approximate surface area is 169 Å². The molecule has 0 N–H and O–H groups in total. The molecule has 0 radical (unpaired) electrons. The van der Waals surface area contributed by atoms with Crippen molar-refractivity contribution in [2.75, 3.05) is 4.90 Å². The first-order chi connectivity index (χ1) is 13.9. The van der Waals surface area contributed by atoms with Crippen LogP contribution in [0.5, 0.6) is 5.75 Å². The lowest BCUT2D eigenvalue weighted by atomic mass is 9.81. The maximum absolute atomic E-state index is 13.1. The molecule has 0 spiro atoms. The van der Waals surface area contributed by atoms with Gasteiger partial charge in [0.15, 0.2) is 5.75 Å². The maximum Gasteiger partial charge on any atom is 0.339 e. The van der Waals surface area contributed by atoms with E-state index < -0.39 is 10.1 Å². The highest BCUT2D eigenvalue weighted by molar-refractivity contribution is 7.87. The summed E-state index contributed by atoms with van der Waals surface area (Å²) in [6, 6.07) is 12.7. The van der Waals surface area contributed by atoms with Crippen LogP contribution in [0.15, 0.2) is 53.4 Å². The molecule has 3 fully saturated rings. The van der Waals surface area contributed by atoms with Gasteiger partial charge >= 0.3 is 10.1 Å². The maximum atomic E-state index is 13.1. The second-order valence-corrected chi connectivity index (χ2v) is 9.76. The summed E-state index contributed by atoms with van der Waals surface area (Å²) in [6.45, 7) is 1.86. The van der Waals surface area contributed by atoms with Crippen LogP contribution < -0.4 is 9.08 Å². The van der Waals surface area contributed by atoms with Crippen molar-refractivity contribution in [3.63, 3.8) is 0 Å². The molecule has 2 amide bonds. The van der Waals surface area contributed by atoms with E-state index in [1.807, 2.05) is 6.92 Å². The molecule has 6 nitrogen and oxygen atoms in total. The lowest BCUT2D eigenvalue weighted by molar-refractivity contribution is -0.123. The van der Waals surface area contributed by atoms with Crippen LogP contribution in [0, 0.1) is 30.6 Å². The molecule has 0 unspecified atom stereocenters. The quantitative estimate of drug-likeness (QED) is 0.570. The normalized spacial score (nSPS) is 28.1. The number of amides is 2. The number of nitrogens with zero attached hydrogens (tertiary/aromatic N) is 1. The second kappa shape index (κ2) is 6.42. The molecule has 7 heteroatoms. The number of para-hydroxylation sites is 2. The molecular formula is C22H21NO5S. The van der Waals surface area contributed by atoms with Gasteiger partial charge in [0.05, 0.1) is 17.5 Å². The number of imide groups is 1. The highest BCUT2D eigenvalue weighted by Crippen LogP contribution is 2.57. The van der Waals surface area contributed by atoms with Gasteiger partial charge in [0.25, 0.3) is 0 Å². The Morgan fingerprint density at radius 3 is 2.10 bits per heavy atom. The highest BCUT2D eigenvalue weighted by atomic mass is 32.2. The van der Waals surface area contributed by atoms with Crippen LogP contribution in [-0.4, -0.2) is 20.2 Å². The summed E-state index contributed by atoms with van der Waals surface area (Å²) in [5.41, 5.74) is 1.13. The van der Waals surface area contributed by atoms with Crippen molar-refractivity contribution in [3.05, 3.63) is 54.1 Å². The van der Waals surface area contributed by atoms with E-state index in [1.54, 1.807) is 30.3 Å². The number of fused-ring (bicyclic) bond motifs is 5. The molecule has 1 heterocycles. The van der Waals surface area contributed by atoms with Crippen molar-refractivity contribution in [1.29, 1.82) is 0 Å². The van der Waals surface area contributed by atoms with E-state index in [0.717, 1.165) is 29.7 Å². The summed E-state index contributed by atoms with van der Waals surface area (Å²) in [5.74, 6) is -0.494. The first-order valence-electron chi connectivity index (χ1n) is 9.85. The molecule has 0 aromatic heterocycles. The first-order valence-corrected chi connectivity index (χ1v) is 11.3. The minimum Gasteiger partial charge on any atom is -0.377 e. The van der Waals surface area contributed by atoms with Gasteiger partial charge in [0.1, 0.15) is 4.90 Å². The lowest BCUT2D eigenvalue weighted by Crippen LogP contribution is -2.33. The van der Waals surface area contributed by atoms with Gasteiger partial charge in [-0.2, -0.15) is 8.42 Å². The molecule has 2 bridgehead atoms. The smallest absolute Gasteiger partial charge is 0.339 e. The van der Waals surface area contributed by atoms with Crippen molar-refractivity contribution in [3.8, 4) is 5.75 Å². The zero-order valence-corrected chi connectivity index (χ0v) is 16.8. The zero-order valence-electron chi connectivity index (χ0n) is 15.9. The largest absolute Gasteiger partial charge is 0.377 e. The van der Waals surface area contributed by atoms with Crippen LogP contribution in [0.1, 0.15) is 24.8 Å². The molecule has 1 saturated heterocycles. The number of carbonyl (C=O) groups is 2. The van der Waals surface area contributed by atoms with E-state index in [1.165, 1.54) is 18.2 Å². The molecule has 2 aliphatic carbocycles. The highest BCUT2D eigenvalue weighted by Gasteiger charge is 2.61. The summed E-state index contributed by atoms with van der Waals surface area (Å²) in [6.07, 6.45) is 2.91. The van der Waals surface area contributed by atoms with Gasteiger partial charge in [0, 0.05) is 0 Å². The summed E-state index contributed by atoms with van der Waals surface area (Å²) in [4.78, 5) is 27.4. The molecule has 29 heavy (non-hydrogen) atoms. The molecule has 4 atom stereocenters. The van der Waals surface area contributed by atoms with Crippen LogP contribution in [0.3, 0.4) is 0 Å². The molecule has 2 saturated carbocycles. The predicted molar refractivity (Wildman–Crippen MR) is 106 cm³/mol. The average molecular weight is 411 g/mol. The fraction of sp³-hybridized carbons (Fsp3) is 0.364. The molecule has 2 aromatic rings. The Balaban J connectivity index is 1.50. The Morgan fingerprint density at radius 2 is 1.48 bits per heavy atom. The van der Waals surface area contributed by atoms with Crippen molar-refractivity contribution >= 4 is 27.6 Å². The number of anilines is 1. The van der Waals surface area contributed by atoms with E-state index in [2.05, 4.69) is 0 Å². The van der Waals surface area contributed by atoms with E-state index in [0.29, 0.717) is 0 Å². The van der Waals surface area contributed by atoms with Crippen molar-refractivity contribution in [2.45, 2.75) is 31.1 Å². The third kappa shape index (κ3) is 2.79. The fourth-order valence-corrected chi connectivity index (χ4v) is 6.17. The summed E-state index contributed by atoms with van der Waals surface area (Å²) in [7, 11) is -4.09. The number of hydrogen-bond acceptors (Lipinski definition) is 5. The molecule has 3 aliphatic rings. The molecule has 1 aliphatic heterocycles. The Morgan fingerprint density at radius 1 is 0.897 bits per heavy atom. The second-order valence-electron chi connectivity index (χ2n) is 8.21.